The van der Waals surface area contributed by atoms with Crippen LogP contribution in [0.2, 0.25) is 13.1 Å². The number of anilines is 1. The summed E-state index contributed by atoms with van der Waals surface area (Å²) in [5.74, 6) is 0. The van der Waals surface area contributed by atoms with E-state index >= 15 is 0 Å². The summed E-state index contributed by atoms with van der Waals surface area (Å²) in [4.78, 5) is 0. The standard InChI is InChI=1S/C15H18BrNSi/c1-18(2,15-6-4-3-5-7-15)12-17-14-10-8-13(16)9-11-14/h3-11,17H,12H2,1-2H3. The summed E-state index contributed by atoms with van der Waals surface area (Å²) in [6.45, 7) is 4.79. The van der Waals surface area contributed by atoms with Gasteiger partial charge in [-0.05, 0) is 24.3 Å². The Morgan fingerprint density at radius 3 is 2.17 bits per heavy atom. The minimum absolute atomic E-state index is 1.05. The van der Waals surface area contributed by atoms with Crippen molar-refractivity contribution in [3.63, 3.8) is 0 Å². The van der Waals surface area contributed by atoms with Crippen LogP contribution in [0, 0.1) is 0 Å². The van der Waals surface area contributed by atoms with Crippen LogP contribution >= 0.6 is 15.9 Å². The molecular weight excluding hydrogens is 302 g/mol. The van der Waals surface area contributed by atoms with Crippen LogP contribution in [0.25, 0.3) is 0 Å². The van der Waals surface area contributed by atoms with Gasteiger partial charge in [-0.1, -0.05) is 64.5 Å². The number of halogens is 1. The Labute approximate surface area is 118 Å². The van der Waals surface area contributed by atoms with E-state index in [2.05, 4.69) is 88.9 Å². The molecular formula is C15H18BrNSi. The lowest BCUT2D eigenvalue weighted by atomic mass is 10.3. The fourth-order valence-electron chi connectivity index (χ4n) is 1.88. The summed E-state index contributed by atoms with van der Waals surface area (Å²) in [5, 5.41) is 5.05. The van der Waals surface area contributed by atoms with E-state index in [9.17, 15) is 0 Å². The largest absolute Gasteiger partial charge is 0.388 e. The monoisotopic (exact) mass is 319 g/mol. The molecule has 1 N–H and O–H groups in total. The predicted octanol–water partition coefficient (Wildman–Crippen LogP) is 4.02. The summed E-state index contributed by atoms with van der Waals surface area (Å²) in [6, 6.07) is 19.2. The Hall–Kier alpha value is -1.06. The molecule has 0 saturated carbocycles. The number of rotatable bonds is 4. The van der Waals surface area contributed by atoms with Crippen molar-refractivity contribution in [2.24, 2.45) is 0 Å². The highest BCUT2D eigenvalue weighted by Gasteiger charge is 2.22. The highest BCUT2D eigenvalue weighted by atomic mass is 79.9. The van der Waals surface area contributed by atoms with Gasteiger partial charge in [-0.25, -0.2) is 0 Å². The van der Waals surface area contributed by atoms with Crippen LogP contribution < -0.4 is 10.5 Å². The van der Waals surface area contributed by atoms with Crippen LogP contribution in [0.3, 0.4) is 0 Å². The zero-order valence-corrected chi connectivity index (χ0v) is 13.4. The van der Waals surface area contributed by atoms with Crippen LogP contribution in [0.1, 0.15) is 0 Å². The van der Waals surface area contributed by atoms with Gasteiger partial charge in [0.05, 0.1) is 0 Å². The van der Waals surface area contributed by atoms with Crippen molar-refractivity contribution in [1.29, 1.82) is 0 Å². The third-order valence-electron chi connectivity index (χ3n) is 3.13. The van der Waals surface area contributed by atoms with Gasteiger partial charge in [-0.2, -0.15) is 0 Å². The van der Waals surface area contributed by atoms with Crippen LogP contribution in [-0.2, 0) is 0 Å². The van der Waals surface area contributed by atoms with Crippen molar-refractivity contribution in [2.75, 3.05) is 11.5 Å². The van der Waals surface area contributed by atoms with Crippen LogP contribution in [0.4, 0.5) is 5.69 Å². The maximum absolute atomic E-state index is 3.55. The Bertz CT molecular complexity index is 494. The zero-order chi connectivity index (χ0) is 13.0. The molecule has 0 bridgehead atoms. The molecule has 0 aliphatic rings. The molecule has 1 nitrogen and oxygen atoms in total. The van der Waals surface area contributed by atoms with Crippen molar-refractivity contribution < 1.29 is 0 Å². The molecule has 0 heterocycles. The van der Waals surface area contributed by atoms with Crippen molar-refractivity contribution in [1.82, 2.24) is 0 Å². The molecule has 0 spiro atoms. The molecule has 18 heavy (non-hydrogen) atoms. The normalized spacial score (nSPS) is 11.3. The first kappa shape index (κ1) is 13.4. The second kappa shape index (κ2) is 5.72. The number of nitrogens with one attached hydrogen (secondary N) is 1. The molecule has 0 atom stereocenters. The van der Waals surface area contributed by atoms with E-state index in [1.54, 1.807) is 0 Å². The average Bonchev–Trinajstić information content (AvgIpc) is 2.39. The minimum atomic E-state index is -1.40. The molecule has 0 radical (unpaired) electrons. The molecule has 0 saturated heterocycles. The second-order valence-corrected chi connectivity index (χ2v) is 10.7. The average molecular weight is 320 g/mol. The molecule has 2 aromatic carbocycles. The fraction of sp³-hybridized carbons (Fsp3) is 0.200. The van der Waals surface area contributed by atoms with Gasteiger partial charge in [0.25, 0.3) is 0 Å². The number of hydrogen-bond acceptors (Lipinski definition) is 1. The Kier molecular flexibility index (Phi) is 4.25. The van der Waals surface area contributed by atoms with E-state index in [0.29, 0.717) is 0 Å². The van der Waals surface area contributed by atoms with Crippen molar-refractivity contribution in [3.8, 4) is 0 Å². The van der Waals surface area contributed by atoms with Crippen molar-refractivity contribution >= 4 is 34.9 Å². The first-order chi connectivity index (χ1) is 8.58. The molecule has 3 heteroatoms. The molecule has 0 aromatic heterocycles. The minimum Gasteiger partial charge on any atom is -0.388 e. The van der Waals surface area contributed by atoms with E-state index in [1.165, 1.54) is 10.9 Å². The van der Waals surface area contributed by atoms with Gasteiger partial charge < -0.3 is 5.32 Å². The highest BCUT2D eigenvalue weighted by Crippen LogP contribution is 2.15. The maximum atomic E-state index is 3.55. The first-order valence-corrected chi connectivity index (χ1v) is 10.1. The van der Waals surface area contributed by atoms with Gasteiger partial charge in [-0.15, -0.1) is 0 Å². The van der Waals surface area contributed by atoms with Crippen molar-refractivity contribution in [3.05, 3.63) is 59.1 Å². The summed E-state index contributed by atoms with van der Waals surface area (Å²) in [6.07, 6.45) is 1.05. The molecule has 2 rings (SSSR count). The van der Waals surface area contributed by atoms with Gasteiger partial charge in [-0.3, -0.25) is 0 Å². The maximum Gasteiger partial charge on any atom is 0.101 e. The lowest BCUT2D eigenvalue weighted by Crippen LogP contribution is -2.48. The van der Waals surface area contributed by atoms with Gasteiger partial charge in [0.15, 0.2) is 0 Å². The molecule has 2 aromatic rings. The van der Waals surface area contributed by atoms with Crippen molar-refractivity contribution in [2.45, 2.75) is 13.1 Å². The number of hydrogen-bond donors (Lipinski definition) is 1. The van der Waals surface area contributed by atoms with E-state index in [-0.39, 0.29) is 0 Å². The fourth-order valence-corrected chi connectivity index (χ4v) is 4.09. The van der Waals surface area contributed by atoms with E-state index in [1.807, 2.05) is 0 Å². The lowest BCUT2D eigenvalue weighted by Gasteiger charge is -2.24. The summed E-state index contributed by atoms with van der Waals surface area (Å²) < 4.78 is 1.12. The molecule has 0 aliphatic carbocycles. The lowest BCUT2D eigenvalue weighted by molar-refractivity contribution is 1.37. The van der Waals surface area contributed by atoms with Gasteiger partial charge in [0.2, 0.25) is 0 Å². The highest BCUT2D eigenvalue weighted by molar-refractivity contribution is 9.10. The second-order valence-electron chi connectivity index (χ2n) is 5.11. The Morgan fingerprint density at radius 1 is 0.944 bits per heavy atom. The third kappa shape index (κ3) is 3.46. The predicted molar refractivity (Wildman–Crippen MR) is 86.2 cm³/mol. The van der Waals surface area contributed by atoms with Crippen LogP contribution in [-0.4, -0.2) is 14.2 Å². The molecule has 0 amide bonds. The third-order valence-corrected chi connectivity index (χ3v) is 6.62. The van der Waals surface area contributed by atoms with E-state index in [0.717, 1.165) is 10.6 Å². The van der Waals surface area contributed by atoms with E-state index in [4.69, 9.17) is 0 Å². The molecule has 0 aliphatic heterocycles. The summed E-state index contributed by atoms with van der Waals surface area (Å²) in [5.41, 5.74) is 1.19. The Morgan fingerprint density at radius 2 is 1.56 bits per heavy atom. The summed E-state index contributed by atoms with van der Waals surface area (Å²) >= 11 is 3.45. The van der Waals surface area contributed by atoms with Gasteiger partial charge in [0.1, 0.15) is 8.07 Å². The quantitative estimate of drug-likeness (QED) is 0.839. The first-order valence-electron chi connectivity index (χ1n) is 6.13. The van der Waals surface area contributed by atoms with Gasteiger partial charge >= 0.3 is 0 Å². The SMILES string of the molecule is C[Si](C)(CNc1ccc(Br)cc1)c1ccccc1. The van der Waals surface area contributed by atoms with Gasteiger partial charge in [0, 0.05) is 16.3 Å². The zero-order valence-electron chi connectivity index (χ0n) is 10.8. The van der Waals surface area contributed by atoms with Crippen LogP contribution in [0.15, 0.2) is 59.1 Å². The molecule has 94 valence electrons. The summed E-state index contributed by atoms with van der Waals surface area (Å²) in [7, 11) is -1.40. The number of benzene rings is 2. The Balaban J connectivity index is 2.03. The topological polar surface area (TPSA) is 12.0 Å². The molecule has 0 fully saturated rings. The molecule has 0 unspecified atom stereocenters. The van der Waals surface area contributed by atoms with E-state index < -0.39 is 8.07 Å². The van der Waals surface area contributed by atoms with Crippen LogP contribution in [0.5, 0.6) is 0 Å². The smallest absolute Gasteiger partial charge is 0.101 e.